The van der Waals surface area contributed by atoms with Crippen LogP contribution in [0.1, 0.15) is 19.3 Å². The standard InChI is InChI=1S/C14H18BrN3OS/c1-2-7-20-8-6-16-13-12(15)9-17-18(14(13)19)10-11-4-3-5-11/h1,9,11,16H,3-8,10H2. The van der Waals surface area contributed by atoms with Crippen molar-refractivity contribution in [2.45, 2.75) is 25.8 Å². The van der Waals surface area contributed by atoms with Gasteiger partial charge in [-0.2, -0.15) is 5.10 Å². The van der Waals surface area contributed by atoms with E-state index < -0.39 is 0 Å². The summed E-state index contributed by atoms with van der Waals surface area (Å²) in [6.07, 6.45) is 10.6. The number of terminal acetylenes is 1. The number of nitrogens with one attached hydrogen (secondary N) is 1. The number of nitrogens with zero attached hydrogens (tertiary/aromatic N) is 2. The fourth-order valence-corrected chi connectivity index (χ4v) is 2.97. The molecule has 0 amide bonds. The minimum atomic E-state index is -0.0479. The first-order valence-corrected chi connectivity index (χ1v) is 8.68. The molecule has 0 radical (unpaired) electrons. The minimum absolute atomic E-state index is 0.0479. The topological polar surface area (TPSA) is 46.9 Å². The van der Waals surface area contributed by atoms with Crippen molar-refractivity contribution in [2.75, 3.05) is 23.4 Å². The molecule has 1 aliphatic carbocycles. The summed E-state index contributed by atoms with van der Waals surface area (Å²) in [5, 5.41) is 7.38. The molecule has 0 bridgehead atoms. The number of halogens is 1. The average molecular weight is 356 g/mol. The van der Waals surface area contributed by atoms with Crippen molar-refractivity contribution in [1.29, 1.82) is 0 Å². The first-order valence-electron chi connectivity index (χ1n) is 6.73. The molecule has 0 aromatic carbocycles. The third-order valence-electron chi connectivity index (χ3n) is 3.39. The van der Waals surface area contributed by atoms with E-state index in [2.05, 4.69) is 32.3 Å². The van der Waals surface area contributed by atoms with Crippen molar-refractivity contribution in [3.8, 4) is 12.3 Å². The Morgan fingerprint density at radius 2 is 2.40 bits per heavy atom. The van der Waals surface area contributed by atoms with E-state index in [1.165, 1.54) is 19.3 Å². The van der Waals surface area contributed by atoms with E-state index in [0.29, 0.717) is 28.4 Å². The van der Waals surface area contributed by atoms with Crippen LogP contribution in [0.5, 0.6) is 0 Å². The molecule has 108 valence electrons. The normalized spacial score (nSPS) is 14.6. The van der Waals surface area contributed by atoms with E-state index in [-0.39, 0.29) is 5.56 Å². The summed E-state index contributed by atoms with van der Waals surface area (Å²) < 4.78 is 2.29. The van der Waals surface area contributed by atoms with Crippen LogP contribution in [-0.2, 0) is 6.54 Å². The van der Waals surface area contributed by atoms with Gasteiger partial charge in [-0.1, -0.05) is 12.3 Å². The van der Waals surface area contributed by atoms with Crippen molar-refractivity contribution in [2.24, 2.45) is 5.92 Å². The van der Waals surface area contributed by atoms with Crippen LogP contribution in [0.4, 0.5) is 5.69 Å². The van der Waals surface area contributed by atoms with Crippen LogP contribution in [0.25, 0.3) is 0 Å². The largest absolute Gasteiger partial charge is 0.379 e. The second-order valence-corrected chi connectivity index (χ2v) is 6.79. The van der Waals surface area contributed by atoms with Gasteiger partial charge in [-0.3, -0.25) is 4.79 Å². The maximum absolute atomic E-state index is 12.4. The average Bonchev–Trinajstić information content (AvgIpc) is 2.39. The fourth-order valence-electron chi connectivity index (χ4n) is 2.06. The summed E-state index contributed by atoms with van der Waals surface area (Å²) in [5.41, 5.74) is 0.550. The van der Waals surface area contributed by atoms with Crippen LogP contribution >= 0.6 is 27.7 Å². The Bertz CT molecular complexity index is 548. The van der Waals surface area contributed by atoms with Crippen LogP contribution < -0.4 is 10.9 Å². The predicted molar refractivity (Wildman–Crippen MR) is 88.2 cm³/mol. The van der Waals surface area contributed by atoms with E-state index in [9.17, 15) is 4.79 Å². The molecule has 2 rings (SSSR count). The zero-order valence-corrected chi connectivity index (χ0v) is 13.7. The highest BCUT2D eigenvalue weighted by Gasteiger charge is 2.20. The number of anilines is 1. The van der Waals surface area contributed by atoms with Gasteiger partial charge in [0.15, 0.2) is 0 Å². The molecule has 0 aliphatic heterocycles. The summed E-state index contributed by atoms with van der Waals surface area (Å²) in [5.74, 6) is 4.77. The Hall–Kier alpha value is -0.930. The van der Waals surface area contributed by atoms with Crippen LogP contribution in [0, 0.1) is 18.3 Å². The van der Waals surface area contributed by atoms with Gasteiger partial charge >= 0.3 is 0 Å². The number of thioether (sulfide) groups is 1. The summed E-state index contributed by atoms with van der Waals surface area (Å²) in [4.78, 5) is 12.4. The molecule has 0 unspecified atom stereocenters. The lowest BCUT2D eigenvalue weighted by Crippen LogP contribution is -2.31. The summed E-state index contributed by atoms with van der Waals surface area (Å²) in [6.45, 7) is 1.44. The SMILES string of the molecule is C#CCSCCNc1c(Br)cnn(CC2CCC2)c1=O. The van der Waals surface area contributed by atoms with E-state index in [0.717, 1.165) is 12.3 Å². The van der Waals surface area contributed by atoms with Crippen molar-refractivity contribution in [3.05, 3.63) is 21.0 Å². The van der Waals surface area contributed by atoms with E-state index in [1.54, 1.807) is 22.6 Å². The molecule has 1 aromatic rings. The van der Waals surface area contributed by atoms with E-state index >= 15 is 0 Å². The molecule has 1 saturated carbocycles. The molecule has 1 aliphatic rings. The molecule has 1 N–H and O–H groups in total. The van der Waals surface area contributed by atoms with Crippen LogP contribution in [0.15, 0.2) is 15.5 Å². The molecule has 0 saturated heterocycles. The maximum atomic E-state index is 12.4. The lowest BCUT2D eigenvalue weighted by atomic mass is 9.85. The van der Waals surface area contributed by atoms with E-state index in [1.807, 2.05) is 0 Å². The lowest BCUT2D eigenvalue weighted by Gasteiger charge is -2.25. The van der Waals surface area contributed by atoms with Gasteiger partial charge in [-0.05, 0) is 34.7 Å². The highest BCUT2D eigenvalue weighted by molar-refractivity contribution is 9.10. The van der Waals surface area contributed by atoms with Crippen LogP contribution in [0.3, 0.4) is 0 Å². The van der Waals surface area contributed by atoms with Gasteiger partial charge in [0.25, 0.3) is 5.56 Å². The maximum Gasteiger partial charge on any atom is 0.291 e. The second-order valence-electron chi connectivity index (χ2n) is 4.84. The smallest absolute Gasteiger partial charge is 0.291 e. The number of aromatic nitrogens is 2. The number of rotatable bonds is 7. The molecule has 0 atom stereocenters. The Balaban J connectivity index is 1.97. The highest BCUT2D eigenvalue weighted by atomic mass is 79.9. The van der Waals surface area contributed by atoms with Crippen LogP contribution in [0.2, 0.25) is 0 Å². The Labute approximate surface area is 131 Å². The quantitative estimate of drug-likeness (QED) is 0.603. The van der Waals surface area contributed by atoms with Gasteiger partial charge in [-0.25, -0.2) is 4.68 Å². The van der Waals surface area contributed by atoms with Gasteiger partial charge in [-0.15, -0.1) is 18.2 Å². The minimum Gasteiger partial charge on any atom is -0.379 e. The van der Waals surface area contributed by atoms with Gasteiger partial charge in [0.2, 0.25) is 0 Å². The van der Waals surface area contributed by atoms with Gasteiger partial charge in [0.05, 0.1) is 16.4 Å². The van der Waals surface area contributed by atoms with Crippen molar-refractivity contribution in [3.63, 3.8) is 0 Å². The number of hydrogen-bond acceptors (Lipinski definition) is 4. The summed E-state index contributed by atoms with van der Waals surface area (Å²) >= 11 is 5.06. The zero-order chi connectivity index (χ0) is 14.4. The lowest BCUT2D eigenvalue weighted by molar-refractivity contribution is 0.262. The molecular formula is C14H18BrN3OS. The zero-order valence-electron chi connectivity index (χ0n) is 11.3. The molecule has 1 heterocycles. The monoisotopic (exact) mass is 355 g/mol. The Kier molecular flexibility index (Phi) is 5.99. The first kappa shape index (κ1) is 15.5. The molecule has 1 aromatic heterocycles. The number of hydrogen-bond donors (Lipinski definition) is 1. The Morgan fingerprint density at radius 3 is 3.05 bits per heavy atom. The summed E-state index contributed by atoms with van der Waals surface area (Å²) in [6, 6.07) is 0. The second kappa shape index (κ2) is 7.75. The first-order chi connectivity index (χ1) is 9.72. The molecule has 1 fully saturated rings. The van der Waals surface area contributed by atoms with Crippen molar-refractivity contribution in [1.82, 2.24) is 9.78 Å². The molecule has 0 spiro atoms. The summed E-state index contributed by atoms with van der Waals surface area (Å²) in [7, 11) is 0. The van der Waals surface area contributed by atoms with Gasteiger partial charge in [0.1, 0.15) is 5.69 Å². The molecule has 6 heteroatoms. The van der Waals surface area contributed by atoms with Crippen molar-refractivity contribution < 1.29 is 0 Å². The predicted octanol–water partition coefficient (Wildman–Crippen LogP) is 2.58. The molecular weight excluding hydrogens is 338 g/mol. The van der Waals surface area contributed by atoms with Gasteiger partial charge < -0.3 is 5.32 Å². The fraction of sp³-hybridized carbons (Fsp3) is 0.571. The van der Waals surface area contributed by atoms with E-state index in [4.69, 9.17) is 6.42 Å². The van der Waals surface area contributed by atoms with Crippen LogP contribution in [-0.4, -0.2) is 27.8 Å². The molecule has 20 heavy (non-hydrogen) atoms. The van der Waals surface area contributed by atoms with Gasteiger partial charge in [0, 0.05) is 18.8 Å². The third-order valence-corrected chi connectivity index (χ3v) is 4.85. The molecule has 4 nitrogen and oxygen atoms in total. The Morgan fingerprint density at radius 1 is 1.60 bits per heavy atom. The van der Waals surface area contributed by atoms with Crippen molar-refractivity contribution >= 4 is 33.4 Å². The third kappa shape index (κ3) is 4.03. The highest BCUT2D eigenvalue weighted by Crippen LogP contribution is 2.27.